The van der Waals surface area contributed by atoms with Crippen LogP contribution in [-0.4, -0.2) is 162 Å². The van der Waals surface area contributed by atoms with Crippen molar-refractivity contribution in [2.24, 2.45) is 17.3 Å². The molecule has 0 bridgehead atoms. The molecular formula is C50H70F7N7O7. The second-order valence-electron chi connectivity index (χ2n) is 21.2. The monoisotopic (exact) mass is 1010 g/mol. The minimum absolute atomic E-state index is 0.0381. The van der Waals surface area contributed by atoms with Gasteiger partial charge in [-0.3, -0.25) is 33.6 Å². The standard InChI is InChI=1S/C50H70F7N7O7/c1-29(2)22-37-44(68)62(6)40(24-33-23-34(51)15-16-36(33)31-17-20-63(21-18-31)30(3)65)45(69)60(4)19-11-9-7-8-10-12-38(42(66)58-37)61(5)46(70)41(32-13-14-32)59-43(67)39-25-35(52)26-64(39)47(71)48(50(55,56)57)27-49(53,54)28-48/h15-16,23,29,31-32,35,37-41H,7-14,17-22,24-28H2,1-6H3,(H,58,66)(H,59,67)/t35-,37+,38+,39+,40+,41+/m1/s1. The first-order valence-corrected chi connectivity index (χ1v) is 25.1. The van der Waals surface area contributed by atoms with Gasteiger partial charge in [0.25, 0.3) is 5.92 Å². The van der Waals surface area contributed by atoms with Gasteiger partial charge in [0.05, 0.1) is 6.54 Å². The molecule has 5 aliphatic rings. The Balaban J connectivity index is 1.24. The fourth-order valence-electron chi connectivity index (χ4n) is 11.0. The second kappa shape index (κ2) is 22.4. The maximum Gasteiger partial charge on any atom is 0.403 e. The topological polar surface area (TPSA) is 160 Å². The lowest BCUT2D eigenvalue weighted by molar-refractivity contribution is -0.299. The number of hydrogen-bond donors (Lipinski definition) is 2. The molecule has 71 heavy (non-hydrogen) atoms. The van der Waals surface area contributed by atoms with Crippen LogP contribution in [0.4, 0.5) is 30.7 Å². The van der Waals surface area contributed by atoms with Crippen LogP contribution in [0.15, 0.2) is 18.2 Å². The number of nitrogens with one attached hydrogen (secondary N) is 2. The van der Waals surface area contributed by atoms with Gasteiger partial charge in [-0.25, -0.2) is 17.6 Å². The van der Waals surface area contributed by atoms with Crippen LogP contribution in [-0.2, 0) is 40.0 Å². The van der Waals surface area contributed by atoms with E-state index < -0.39 is 121 Å². The number of alkyl halides is 6. The Morgan fingerprint density at radius 1 is 0.901 bits per heavy atom. The molecule has 3 saturated heterocycles. The molecule has 21 heteroatoms. The van der Waals surface area contributed by atoms with E-state index in [9.17, 15) is 59.9 Å². The Morgan fingerprint density at radius 3 is 2.13 bits per heavy atom. The lowest BCUT2D eigenvalue weighted by Crippen LogP contribution is -2.65. The molecule has 1 aromatic carbocycles. The number of hydrogen-bond acceptors (Lipinski definition) is 7. The average Bonchev–Trinajstić information content (AvgIpc) is 4.06. The number of nitrogens with zero attached hydrogens (tertiary/aromatic N) is 5. The molecule has 3 heterocycles. The summed E-state index contributed by atoms with van der Waals surface area (Å²) < 4.78 is 101. The molecule has 7 amide bonds. The van der Waals surface area contributed by atoms with E-state index in [4.69, 9.17) is 0 Å². The van der Waals surface area contributed by atoms with Crippen LogP contribution in [0.3, 0.4) is 0 Å². The lowest BCUT2D eigenvalue weighted by atomic mass is 9.64. The van der Waals surface area contributed by atoms with Gasteiger partial charge >= 0.3 is 6.18 Å². The van der Waals surface area contributed by atoms with Crippen molar-refractivity contribution in [2.75, 3.05) is 47.3 Å². The van der Waals surface area contributed by atoms with Gasteiger partial charge in [-0.15, -0.1) is 0 Å². The minimum Gasteiger partial charge on any atom is -0.344 e. The van der Waals surface area contributed by atoms with Crippen molar-refractivity contribution in [1.29, 1.82) is 0 Å². The summed E-state index contributed by atoms with van der Waals surface area (Å²) in [6, 6.07) is -2.28. The van der Waals surface area contributed by atoms with E-state index in [1.54, 1.807) is 22.9 Å². The number of likely N-dealkylation sites (tertiary alicyclic amines) is 2. The Hall–Kier alpha value is -4.98. The molecule has 14 nitrogen and oxygen atoms in total. The third-order valence-electron chi connectivity index (χ3n) is 15.3. The third kappa shape index (κ3) is 12.8. The van der Waals surface area contributed by atoms with Gasteiger partial charge in [-0.1, -0.05) is 45.6 Å². The zero-order valence-corrected chi connectivity index (χ0v) is 41.6. The number of amides is 7. The van der Waals surface area contributed by atoms with Crippen molar-refractivity contribution < 1.29 is 64.3 Å². The summed E-state index contributed by atoms with van der Waals surface area (Å²) in [4.78, 5) is 104. The Labute approximate surface area is 411 Å². The molecule has 5 fully saturated rings. The molecule has 0 aromatic heterocycles. The molecule has 396 valence electrons. The minimum atomic E-state index is -5.41. The summed E-state index contributed by atoms with van der Waals surface area (Å²) >= 11 is 0. The van der Waals surface area contributed by atoms with Crippen LogP contribution in [0.1, 0.15) is 128 Å². The summed E-state index contributed by atoms with van der Waals surface area (Å²) in [5, 5.41) is 5.40. The van der Waals surface area contributed by atoms with E-state index in [2.05, 4.69) is 10.6 Å². The molecular weight excluding hydrogens is 944 g/mol. The smallest absolute Gasteiger partial charge is 0.344 e. The molecule has 0 spiro atoms. The predicted molar refractivity (Wildman–Crippen MR) is 247 cm³/mol. The molecule has 0 unspecified atom stereocenters. The van der Waals surface area contributed by atoms with Crippen LogP contribution in [0.5, 0.6) is 0 Å². The van der Waals surface area contributed by atoms with Gasteiger partial charge in [0.1, 0.15) is 42.2 Å². The highest BCUT2D eigenvalue weighted by atomic mass is 19.4. The molecule has 2 N–H and O–H groups in total. The quantitative estimate of drug-likeness (QED) is 0.261. The molecule has 6 atom stereocenters. The van der Waals surface area contributed by atoms with Crippen molar-refractivity contribution in [2.45, 2.75) is 171 Å². The Morgan fingerprint density at radius 2 is 1.54 bits per heavy atom. The van der Waals surface area contributed by atoms with Crippen molar-refractivity contribution in [1.82, 2.24) is 35.1 Å². The first kappa shape index (κ1) is 55.3. The molecule has 2 aliphatic carbocycles. The Kier molecular flexibility index (Phi) is 17.5. The number of rotatable bonds is 11. The highest BCUT2D eigenvalue weighted by Crippen LogP contribution is 2.61. The molecule has 3 aliphatic heterocycles. The van der Waals surface area contributed by atoms with Gasteiger partial charge in [0.15, 0.2) is 5.41 Å². The summed E-state index contributed by atoms with van der Waals surface area (Å²) in [6.07, 6.45) is -6.30. The largest absolute Gasteiger partial charge is 0.403 e. The first-order valence-electron chi connectivity index (χ1n) is 25.1. The third-order valence-corrected chi connectivity index (χ3v) is 15.3. The number of halogens is 7. The van der Waals surface area contributed by atoms with Crippen LogP contribution < -0.4 is 10.6 Å². The van der Waals surface area contributed by atoms with Crippen LogP contribution in [0.2, 0.25) is 0 Å². The van der Waals surface area contributed by atoms with Gasteiger partial charge in [-0.05, 0) is 86.0 Å². The summed E-state index contributed by atoms with van der Waals surface area (Å²) in [6.45, 7) is 5.66. The van der Waals surface area contributed by atoms with Crippen LogP contribution in [0.25, 0.3) is 0 Å². The molecule has 1 aromatic rings. The van der Waals surface area contributed by atoms with E-state index >= 15 is 4.39 Å². The van der Waals surface area contributed by atoms with Gasteiger partial charge in [0.2, 0.25) is 41.4 Å². The molecule has 2 saturated carbocycles. The van der Waals surface area contributed by atoms with Crippen LogP contribution in [0, 0.1) is 23.1 Å². The Bertz CT molecular complexity index is 2140. The van der Waals surface area contributed by atoms with Crippen molar-refractivity contribution in [3.8, 4) is 0 Å². The fourth-order valence-corrected chi connectivity index (χ4v) is 11.0. The number of piperidine rings is 1. The van der Waals surface area contributed by atoms with Gasteiger partial charge in [0, 0.05) is 73.4 Å². The van der Waals surface area contributed by atoms with E-state index in [0.29, 0.717) is 87.9 Å². The maximum absolute atomic E-state index is 15.1. The average molecular weight is 1010 g/mol. The molecule has 0 radical (unpaired) electrons. The van der Waals surface area contributed by atoms with E-state index in [1.165, 1.54) is 38.1 Å². The summed E-state index contributed by atoms with van der Waals surface area (Å²) in [7, 11) is 4.48. The number of likely N-dealkylation sites (N-methyl/N-ethyl adjacent to an activating group) is 3. The van der Waals surface area contributed by atoms with Gasteiger partial charge in [-0.2, -0.15) is 13.2 Å². The summed E-state index contributed by atoms with van der Waals surface area (Å²) in [5.41, 5.74) is -2.14. The fraction of sp³-hybridized carbons (Fsp3) is 0.740. The SMILES string of the molecule is CC(=O)N1CCC(c2ccc(F)cc2C[C@H]2C(=O)N(C)CCCCCCC[C@H](N(C)C(=O)[C@@H](NC(=O)[C@@H]3C[C@@H](F)CN3C(=O)C3(C(F)(F)F)CC(F)(F)C3)C3CC3)C(=O)N[C@@H](CC(C)C)C(=O)N2C)CC1. The normalized spacial score (nSPS) is 26.7. The highest BCUT2D eigenvalue weighted by Gasteiger charge is 2.75. The zero-order valence-electron chi connectivity index (χ0n) is 41.6. The van der Waals surface area contributed by atoms with E-state index in [1.807, 2.05) is 13.8 Å². The van der Waals surface area contributed by atoms with E-state index in [0.717, 1.165) is 10.5 Å². The number of benzene rings is 1. The molecule has 6 rings (SSSR count). The summed E-state index contributed by atoms with van der Waals surface area (Å²) in [5.74, 6) is -10.4. The lowest BCUT2D eigenvalue weighted by Gasteiger charge is -2.48. The second-order valence-corrected chi connectivity index (χ2v) is 21.2. The van der Waals surface area contributed by atoms with Gasteiger partial charge < -0.3 is 35.1 Å². The van der Waals surface area contributed by atoms with Crippen molar-refractivity contribution in [3.63, 3.8) is 0 Å². The predicted octanol–water partition coefficient (Wildman–Crippen LogP) is 5.90. The highest BCUT2D eigenvalue weighted by molar-refractivity contribution is 5.97. The zero-order chi connectivity index (χ0) is 52.3. The van der Waals surface area contributed by atoms with E-state index in [-0.39, 0.29) is 42.9 Å². The van der Waals surface area contributed by atoms with Crippen molar-refractivity contribution in [3.05, 3.63) is 35.1 Å². The maximum atomic E-state index is 15.1. The van der Waals surface area contributed by atoms with Crippen LogP contribution >= 0.6 is 0 Å². The first-order chi connectivity index (χ1) is 33.2. The number of carbonyl (C=O) groups is 7. The number of carbonyl (C=O) groups excluding carboxylic acids is 7. The van der Waals surface area contributed by atoms with Crippen molar-refractivity contribution >= 4 is 41.4 Å².